The second-order valence-corrected chi connectivity index (χ2v) is 8.26. The third kappa shape index (κ3) is 3.88. The highest BCUT2D eigenvalue weighted by atomic mass is 32.1. The number of carbonyl (C=O) groups is 1. The summed E-state index contributed by atoms with van der Waals surface area (Å²) < 4.78 is 1.72. The number of nitrogens with zero attached hydrogens (tertiary/aromatic N) is 4. The second kappa shape index (κ2) is 7.86. The average molecular weight is 445 g/mol. The molecule has 0 spiro atoms. The van der Waals surface area contributed by atoms with Gasteiger partial charge in [-0.3, -0.25) is 10.1 Å². The van der Waals surface area contributed by atoms with Crippen LogP contribution in [0.15, 0.2) is 66.7 Å². The van der Waals surface area contributed by atoms with Crippen LogP contribution in [0.4, 0.5) is 5.69 Å². The molecule has 152 valence electrons. The van der Waals surface area contributed by atoms with Crippen LogP contribution in [-0.4, -0.2) is 30.8 Å². The van der Waals surface area contributed by atoms with Gasteiger partial charge in [0.05, 0.1) is 0 Å². The van der Waals surface area contributed by atoms with E-state index in [2.05, 4.69) is 25.9 Å². The number of hydrogen-bond acceptors (Lipinski definition) is 6. The van der Waals surface area contributed by atoms with Crippen molar-refractivity contribution < 1.29 is 4.79 Å². The number of nitrogens with one attached hydrogen (secondary N) is 2. The third-order valence-electron chi connectivity index (χ3n) is 4.75. The predicted octanol–water partition coefficient (Wildman–Crippen LogP) is 4.44. The van der Waals surface area contributed by atoms with Gasteiger partial charge in [-0.2, -0.15) is 9.61 Å². The number of amides is 1. The van der Waals surface area contributed by atoms with Crippen molar-refractivity contribution in [1.29, 1.82) is 0 Å². The van der Waals surface area contributed by atoms with E-state index in [1.807, 2.05) is 67.6 Å². The summed E-state index contributed by atoms with van der Waals surface area (Å²) in [4.78, 5) is 13.4. The van der Waals surface area contributed by atoms with Gasteiger partial charge in [-0.1, -0.05) is 53.8 Å². The highest BCUT2D eigenvalue weighted by Gasteiger charge is 2.12. The zero-order valence-electron chi connectivity index (χ0n) is 16.4. The minimum Gasteiger partial charge on any atom is -0.332 e. The highest BCUT2D eigenvalue weighted by Crippen LogP contribution is 2.27. The van der Waals surface area contributed by atoms with E-state index in [-0.39, 0.29) is 11.0 Å². The Morgan fingerprint density at radius 1 is 1.00 bits per heavy atom. The molecule has 9 heteroatoms. The Morgan fingerprint density at radius 3 is 2.68 bits per heavy atom. The van der Waals surface area contributed by atoms with E-state index < -0.39 is 0 Å². The molecule has 0 bridgehead atoms. The highest BCUT2D eigenvalue weighted by molar-refractivity contribution is 7.80. The smallest absolute Gasteiger partial charge is 0.257 e. The number of carbonyl (C=O) groups excluding carboxylic acids is 1. The maximum absolute atomic E-state index is 12.6. The van der Waals surface area contributed by atoms with Gasteiger partial charge in [0, 0.05) is 16.8 Å². The first-order chi connectivity index (χ1) is 15.1. The molecule has 0 saturated carbocycles. The van der Waals surface area contributed by atoms with Crippen LogP contribution in [0, 0.1) is 6.92 Å². The van der Waals surface area contributed by atoms with E-state index in [9.17, 15) is 4.79 Å². The summed E-state index contributed by atoms with van der Waals surface area (Å²) >= 11 is 6.80. The zero-order chi connectivity index (χ0) is 21.4. The number of thiocarbonyl (C=S) groups is 1. The van der Waals surface area contributed by atoms with Crippen LogP contribution in [-0.2, 0) is 0 Å². The topological polar surface area (TPSA) is 84.2 Å². The normalized spacial score (nSPS) is 11.0. The van der Waals surface area contributed by atoms with Gasteiger partial charge < -0.3 is 5.32 Å². The first kappa shape index (κ1) is 19.3. The Morgan fingerprint density at radius 2 is 1.84 bits per heavy atom. The summed E-state index contributed by atoms with van der Waals surface area (Å²) in [5.41, 5.74) is 2.22. The van der Waals surface area contributed by atoms with Crippen molar-refractivity contribution >= 4 is 56.0 Å². The Hall–Kier alpha value is -3.69. The summed E-state index contributed by atoms with van der Waals surface area (Å²) in [5, 5.41) is 21.6. The van der Waals surface area contributed by atoms with E-state index >= 15 is 0 Å². The number of hydrogen-bond donors (Lipinski definition) is 2. The van der Waals surface area contributed by atoms with Crippen molar-refractivity contribution in [3.8, 4) is 10.6 Å². The molecule has 2 N–H and O–H groups in total. The molecule has 5 aromatic rings. The van der Waals surface area contributed by atoms with Crippen molar-refractivity contribution in [1.82, 2.24) is 25.1 Å². The molecule has 2 aromatic heterocycles. The summed E-state index contributed by atoms with van der Waals surface area (Å²) in [6.07, 6.45) is 0. The lowest BCUT2D eigenvalue weighted by atomic mass is 10.1. The molecule has 0 aliphatic carbocycles. The van der Waals surface area contributed by atoms with Gasteiger partial charge in [-0.05, 0) is 54.2 Å². The molecule has 5 rings (SSSR count). The fourth-order valence-electron chi connectivity index (χ4n) is 3.23. The fourth-order valence-corrected chi connectivity index (χ4v) is 4.32. The standard InChI is InChI=1S/C22H16N6OS2/c1-13-25-26-22-28(13)27-20(31-22)17-7-4-8-18(12-17)23-21(30)24-19(29)16-10-9-14-5-2-3-6-15(14)11-16/h2-12H,1H3,(H2,23,24,29,30). The molecule has 3 aromatic carbocycles. The van der Waals surface area contributed by atoms with Crippen molar-refractivity contribution in [2.45, 2.75) is 6.92 Å². The minimum absolute atomic E-state index is 0.226. The van der Waals surface area contributed by atoms with Gasteiger partial charge in [0.25, 0.3) is 5.91 Å². The van der Waals surface area contributed by atoms with Crippen LogP contribution in [0.25, 0.3) is 26.3 Å². The monoisotopic (exact) mass is 444 g/mol. The van der Waals surface area contributed by atoms with Gasteiger partial charge in [0.1, 0.15) is 5.01 Å². The molecule has 0 saturated heterocycles. The summed E-state index contributed by atoms with van der Waals surface area (Å²) in [5.74, 6) is 0.480. The van der Waals surface area contributed by atoms with Crippen LogP contribution >= 0.6 is 23.6 Å². The largest absolute Gasteiger partial charge is 0.332 e. The molecule has 0 unspecified atom stereocenters. The predicted molar refractivity (Wildman–Crippen MR) is 126 cm³/mol. The lowest BCUT2D eigenvalue weighted by molar-refractivity contribution is 0.0978. The lowest BCUT2D eigenvalue weighted by Crippen LogP contribution is -2.34. The lowest BCUT2D eigenvalue weighted by Gasteiger charge is -2.11. The Bertz CT molecular complexity index is 1450. The number of anilines is 1. The number of rotatable bonds is 3. The Kier molecular flexibility index (Phi) is 4.89. The number of aryl methyl sites for hydroxylation is 1. The Labute approximate surface area is 186 Å². The SMILES string of the molecule is Cc1nnc2sc(-c3cccc(NC(=S)NC(=O)c4ccc5ccccc5c4)c3)nn12. The Balaban J connectivity index is 1.30. The van der Waals surface area contributed by atoms with Crippen molar-refractivity contribution in [3.63, 3.8) is 0 Å². The summed E-state index contributed by atoms with van der Waals surface area (Å²) in [7, 11) is 0. The van der Waals surface area contributed by atoms with Crippen LogP contribution < -0.4 is 10.6 Å². The van der Waals surface area contributed by atoms with E-state index in [1.54, 1.807) is 10.6 Å². The van der Waals surface area contributed by atoms with E-state index in [0.717, 1.165) is 37.8 Å². The van der Waals surface area contributed by atoms with Crippen LogP contribution in [0.1, 0.15) is 16.2 Å². The molecule has 31 heavy (non-hydrogen) atoms. The van der Waals surface area contributed by atoms with Gasteiger partial charge in [0.2, 0.25) is 4.96 Å². The molecular formula is C22H16N6OS2. The first-order valence-corrected chi connectivity index (χ1v) is 10.7. The van der Waals surface area contributed by atoms with Crippen molar-refractivity contribution in [3.05, 3.63) is 78.1 Å². The quantitative estimate of drug-likeness (QED) is 0.400. The molecule has 0 aliphatic rings. The van der Waals surface area contributed by atoms with Crippen LogP contribution in [0.5, 0.6) is 0 Å². The fraction of sp³-hybridized carbons (Fsp3) is 0.0455. The number of benzene rings is 3. The third-order valence-corrected chi connectivity index (χ3v) is 5.90. The van der Waals surface area contributed by atoms with E-state index in [4.69, 9.17) is 12.2 Å². The molecular weight excluding hydrogens is 428 g/mol. The zero-order valence-corrected chi connectivity index (χ0v) is 18.0. The van der Waals surface area contributed by atoms with Crippen LogP contribution in [0.3, 0.4) is 0 Å². The molecule has 2 heterocycles. The molecule has 0 fully saturated rings. The van der Waals surface area contributed by atoms with Gasteiger partial charge in [-0.15, -0.1) is 10.2 Å². The maximum atomic E-state index is 12.6. The summed E-state index contributed by atoms with van der Waals surface area (Å²) in [6.45, 7) is 1.86. The minimum atomic E-state index is -0.261. The second-order valence-electron chi connectivity index (χ2n) is 6.90. The first-order valence-electron chi connectivity index (χ1n) is 9.47. The van der Waals surface area contributed by atoms with Gasteiger partial charge in [0.15, 0.2) is 10.9 Å². The van der Waals surface area contributed by atoms with E-state index in [1.165, 1.54) is 11.3 Å². The van der Waals surface area contributed by atoms with Gasteiger partial charge in [-0.25, -0.2) is 0 Å². The summed E-state index contributed by atoms with van der Waals surface area (Å²) in [6, 6.07) is 21.1. The van der Waals surface area contributed by atoms with Crippen LogP contribution in [0.2, 0.25) is 0 Å². The van der Waals surface area contributed by atoms with Crippen molar-refractivity contribution in [2.75, 3.05) is 5.32 Å². The van der Waals surface area contributed by atoms with Crippen molar-refractivity contribution in [2.24, 2.45) is 0 Å². The maximum Gasteiger partial charge on any atom is 0.257 e. The molecule has 0 radical (unpaired) electrons. The molecule has 0 atom stereocenters. The molecule has 7 nitrogen and oxygen atoms in total. The average Bonchev–Trinajstić information content (AvgIpc) is 3.35. The molecule has 0 aliphatic heterocycles. The number of fused-ring (bicyclic) bond motifs is 2. The van der Waals surface area contributed by atoms with Gasteiger partial charge >= 0.3 is 0 Å². The van der Waals surface area contributed by atoms with E-state index in [0.29, 0.717) is 5.56 Å². The molecule has 1 amide bonds. The number of aromatic nitrogens is 4.